The predicted molar refractivity (Wildman–Crippen MR) is 344 cm³/mol. The summed E-state index contributed by atoms with van der Waals surface area (Å²) in [5, 5.41) is 0. The largest absolute Gasteiger partial charge is 0.462 e. The van der Waals surface area contributed by atoms with Crippen LogP contribution in [0, 0.1) is 0 Å². The summed E-state index contributed by atoms with van der Waals surface area (Å²) in [5.74, 6) is -0.895. The van der Waals surface area contributed by atoms with Gasteiger partial charge in [0.05, 0.1) is 0 Å². The van der Waals surface area contributed by atoms with E-state index in [9.17, 15) is 14.4 Å². The second-order valence-corrected chi connectivity index (χ2v) is 23.1. The Morgan fingerprint density at radius 3 is 0.785 bits per heavy atom. The van der Waals surface area contributed by atoms with Crippen molar-refractivity contribution in [1.29, 1.82) is 0 Å². The van der Waals surface area contributed by atoms with Gasteiger partial charge in [0.25, 0.3) is 0 Å². The molecule has 0 aliphatic carbocycles. The molecule has 1 atom stereocenters. The molecule has 0 spiro atoms. The summed E-state index contributed by atoms with van der Waals surface area (Å²) in [6.07, 6.45) is 87.9. The highest BCUT2D eigenvalue weighted by atomic mass is 16.6. The highest BCUT2D eigenvalue weighted by Crippen LogP contribution is 2.18. The number of carbonyl (C=O) groups is 3. The molecule has 0 bridgehead atoms. The average Bonchev–Trinajstić information content (AvgIpc) is 3.45. The smallest absolute Gasteiger partial charge is 0.306 e. The summed E-state index contributed by atoms with van der Waals surface area (Å²) in [4.78, 5) is 38.4. The molecule has 0 radical (unpaired) electrons. The Labute approximate surface area is 491 Å². The third kappa shape index (κ3) is 65.5. The second kappa shape index (κ2) is 67.4. The van der Waals surface area contributed by atoms with Crippen molar-refractivity contribution in [2.45, 2.75) is 361 Å². The molecule has 6 nitrogen and oxygen atoms in total. The van der Waals surface area contributed by atoms with Crippen LogP contribution in [0.5, 0.6) is 0 Å². The molecule has 0 aliphatic heterocycles. The van der Waals surface area contributed by atoms with Crippen LogP contribution in [0.1, 0.15) is 355 Å². The Kier molecular flexibility index (Phi) is 64.7. The normalized spacial score (nSPS) is 12.5. The first-order chi connectivity index (χ1) is 39.0. The van der Waals surface area contributed by atoms with Crippen LogP contribution in [0.25, 0.3) is 0 Å². The Bertz CT molecular complexity index is 1450. The molecule has 0 saturated carbocycles. The summed E-state index contributed by atoms with van der Waals surface area (Å²) in [6.45, 7) is 6.54. The molecule has 0 N–H and O–H groups in total. The van der Waals surface area contributed by atoms with Gasteiger partial charge in [0.2, 0.25) is 0 Å². The van der Waals surface area contributed by atoms with Crippen LogP contribution in [-0.4, -0.2) is 37.2 Å². The average molecular weight is 1100 g/mol. The van der Waals surface area contributed by atoms with E-state index >= 15 is 0 Å². The van der Waals surface area contributed by atoms with E-state index in [0.717, 1.165) is 96.3 Å². The standard InChI is InChI=1S/C73H130O6/c1-4-7-10-13-16-19-22-25-27-29-31-33-34-35-36-37-38-40-41-43-45-48-51-54-57-60-63-66-72(75)78-69-70(68-77-71(74)65-62-59-56-53-50-47-24-21-18-15-12-9-6-3)79-73(76)67-64-61-58-55-52-49-46-44-42-39-32-30-28-26-23-20-17-14-11-8-5-2/h9,12,18,21-22,25,29,31,34-35,47,50,70H,4-8,10-11,13-17,19-20,23-24,26-28,30,32-33,36-46,48-49,51-69H2,1-3H3/b12-9-,21-18-,25-22-,31-29-,35-34-,50-47-. The number of unbranched alkanes of at least 4 members (excludes halogenated alkanes) is 40. The van der Waals surface area contributed by atoms with E-state index in [1.807, 2.05) is 0 Å². The molecular weight excluding hydrogens is 973 g/mol. The predicted octanol–water partition coefficient (Wildman–Crippen LogP) is 23.7. The molecule has 0 aromatic rings. The summed E-state index contributed by atoms with van der Waals surface area (Å²) in [6, 6.07) is 0. The van der Waals surface area contributed by atoms with Crippen molar-refractivity contribution in [3.8, 4) is 0 Å². The van der Waals surface area contributed by atoms with Crippen LogP contribution in [0.3, 0.4) is 0 Å². The van der Waals surface area contributed by atoms with Gasteiger partial charge in [-0.1, -0.05) is 318 Å². The van der Waals surface area contributed by atoms with E-state index < -0.39 is 6.10 Å². The Hall–Kier alpha value is -3.15. The topological polar surface area (TPSA) is 78.9 Å². The van der Waals surface area contributed by atoms with E-state index in [1.54, 1.807) is 0 Å². The van der Waals surface area contributed by atoms with Crippen LogP contribution in [0.4, 0.5) is 0 Å². The minimum atomic E-state index is -0.788. The number of hydrogen-bond donors (Lipinski definition) is 0. The van der Waals surface area contributed by atoms with Gasteiger partial charge in [-0.15, -0.1) is 0 Å². The van der Waals surface area contributed by atoms with E-state index in [4.69, 9.17) is 14.2 Å². The minimum absolute atomic E-state index is 0.0825. The van der Waals surface area contributed by atoms with Gasteiger partial charge in [-0.2, -0.15) is 0 Å². The van der Waals surface area contributed by atoms with Gasteiger partial charge in [-0.05, 0) is 89.9 Å². The molecule has 0 heterocycles. The number of allylic oxidation sites excluding steroid dienone is 12. The Morgan fingerprint density at radius 2 is 0.494 bits per heavy atom. The lowest BCUT2D eigenvalue weighted by Crippen LogP contribution is -2.30. The van der Waals surface area contributed by atoms with Gasteiger partial charge in [0.15, 0.2) is 6.10 Å². The second-order valence-electron chi connectivity index (χ2n) is 23.1. The van der Waals surface area contributed by atoms with Crippen molar-refractivity contribution in [1.82, 2.24) is 0 Å². The molecule has 458 valence electrons. The number of hydrogen-bond acceptors (Lipinski definition) is 6. The third-order valence-corrected chi connectivity index (χ3v) is 15.2. The first kappa shape index (κ1) is 75.8. The Morgan fingerprint density at radius 1 is 0.266 bits per heavy atom. The minimum Gasteiger partial charge on any atom is -0.462 e. The lowest BCUT2D eigenvalue weighted by Gasteiger charge is -2.18. The fourth-order valence-electron chi connectivity index (χ4n) is 10.1. The quantitative estimate of drug-likeness (QED) is 0.0261. The zero-order valence-corrected chi connectivity index (χ0v) is 52.6. The lowest BCUT2D eigenvalue weighted by atomic mass is 10.0. The molecule has 0 rings (SSSR count). The molecule has 0 saturated heterocycles. The van der Waals surface area contributed by atoms with Crippen molar-refractivity contribution < 1.29 is 28.6 Å². The van der Waals surface area contributed by atoms with Crippen LogP contribution < -0.4 is 0 Å². The lowest BCUT2D eigenvalue weighted by molar-refractivity contribution is -0.167. The summed E-state index contributed by atoms with van der Waals surface area (Å²) < 4.78 is 16.9. The third-order valence-electron chi connectivity index (χ3n) is 15.2. The maximum atomic E-state index is 12.9. The fraction of sp³-hybridized carbons (Fsp3) is 0.795. The van der Waals surface area contributed by atoms with Crippen LogP contribution in [0.2, 0.25) is 0 Å². The molecule has 0 amide bonds. The monoisotopic (exact) mass is 1100 g/mol. The maximum absolute atomic E-state index is 12.9. The number of ether oxygens (including phenoxy) is 3. The summed E-state index contributed by atoms with van der Waals surface area (Å²) in [5.41, 5.74) is 0. The molecule has 0 aromatic heterocycles. The van der Waals surface area contributed by atoms with Crippen molar-refractivity contribution in [2.24, 2.45) is 0 Å². The van der Waals surface area contributed by atoms with Crippen molar-refractivity contribution in [3.05, 3.63) is 72.9 Å². The van der Waals surface area contributed by atoms with Gasteiger partial charge in [-0.3, -0.25) is 14.4 Å². The zero-order chi connectivity index (χ0) is 57.1. The molecule has 79 heavy (non-hydrogen) atoms. The van der Waals surface area contributed by atoms with Crippen LogP contribution in [0.15, 0.2) is 72.9 Å². The van der Waals surface area contributed by atoms with Gasteiger partial charge in [0.1, 0.15) is 13.2 Å². The number of rotatable bonds is 63. The molecule has 6 heteroatoms. The summed E-state index contributed by atoms with van der Waals surface area (Å²) in [7, 11) is 0. The van der Waals surface area contributed by atoms with Crippen LogP contribution in [-0.2, 0) is 28.6 Å². The highest BCUT2D eigenvalue weighted by Gasteiger charge is 2.19. The summed E-state index contributed by atoms with van der Waals surface area (Å²) >= 11 is 0. The first-order valence-corrected chi connectivity index (χ1v) is 34.4. The van der Waals surface area contributed by atoms with Gasteiger partial charge in [-0.25, -0.2) is 0 Å². The van der Waals surface area contributed by atoms with Crippen LogP contribution >= 0.6 is 0 Å². The van der Waals surface area contributed by atoms with Gasteiger partial charge in [0, 0.05) is 19.3 Å². The zero-order valence-electron chi connectivity index (χ0n) is 52.6. The van der Waals surface area contributed by atoms with Gasteiger partial charge >= 0.3 is 17.9 Å². The molecule has 0 aliphatic rings. The SMILES string of the molecule is CC/C=C\C/C=C\C/C=C\CCCCCC(=O)OCC(COC(=O)CCCCCCCCCCCCCC/C=C\C/C=C\C/C=C\CCCCCCC)OC(=O)CCCCCCCCCCCCCCCCCCCCCCC. The van der Waals surface area contributed by atoms with Crippen molar-refractivity contribution in [2.75, 3.05) is 13.2 Å². The van der Waals surface area contributed by atoms with Crippen molar-refractivity contribution in [3.63, 3.8) is 0 Å². The number of carbonyl (C=O) groups excluding carboxylic acids is 3. The molecule has 1 unspecified atom stereocenters. The van der Waals surface area contributed by atoms with E-state index in [-0.39, 0.29) is 31.1 Å². The highest BCUT2D eigenvalue weighted by molar-refractivity contribution is 5.71. The first-order valence-electron chi connectivity index (χ1n) is 34.4. The van der Waals surface area contributed by atoms with E-state index in [2.05, 4.69) is 93.7 Å². The molecule has 0 fully saturated rings. The Balaban J connectivity index is 4.27. The fourth-order valence-corrected chi connectivity index (χ4v) is 10.1. The van der Waals surface area contributed by atoms with Crippen molar-refractivity contribution >= 4 is 17.9 Å². The van der Waals surface area contributed by atoms with Gasteiger partial charge < -0.3 is 14.2 Å². The molecule has 0 aromatic carbocycles. The maximum Gasteiger partial charge on any atom is 0.306 e. The van der Waals surface area contributed by atoms with E-state index in [1.165, 1.54) is 218 Å². The van der Waals surface area contributed by atoms with E-state index in [0.29, 0.717) is 19.3 Å². The molecular formula is C73H130O6. The number of esters is 3.